The molecule has 0 fully saturated rings. The molecule has 0 bridgehead atoms. The molecule has 32 heavy (non-hydrogen) atoms. The lowest BCUT2D eigenvalue weighted by atomic mass is 10.3. The van der Waals surface area contributed by atoms with Crippen molar-refractivity contribution in [1.82, 2.24) is 9.44 Å². The number of halogens is 2. The molecule has 0 heterocycles. The summed E-state index contributed by atoms with van der Waals surface area (Å²) in [6, 6.07) is 5.59. The summed E-state index contributed by atoms with van der Waals surface area (Å²) >= 11 is 6.21. The van der Waals surface area contributed by atoms with Crippen molar-refractivity contribution in [1.29, 1.82) is 0 Å². The lowest BCUT2D eigenvalue weighted by Crippen LogP contribution is -2.42. The van der Waals surface area contributed by atoms with Crippen molar-refractivity contribution in [2.45, 2.75) is 23.6 Å². The molecule has 4 N–H and O–H groups in total. The van der Waals surface area contributed by atoms with Crippen molar-refractivity contribution in [2.75, 3.05) is 10.6 Å². The first-order valence-electron chi connectivity index (χ1n) is 8.45. The van der Waals surface area contributed by atoms with Gasteiger partial charge in [-0.25, -0.2) is 31.1 Å². The summed E-state index contributed by atoms with van der Waals surface area (Å²) < 4.78 is 53.4. The fourth-order valence-electron chi connectivity index (χ4n) is 2.29. The smallest absolute Gasteiger partial charge is 0.325 e. The summed E-state index contributed by atoms with van der Waals surface area (Å²) in [4.78, 5) is 33.7. The average Bonchev–Trinajstić information content (AvgIpc) is 2.63. The monoisotopic (exact) mass is 610 g/mol. The van der Waals surface area contributed by atoms with E-state index in [1.54, 1.807) is 9.44 Å². The molecule has 0 saturated heterocycles. The summed E-state index contributed by atoms with van der Waals surface area (Å²) in [5.41, 5.74) is 0.605. The molecule has 0 unspecified atom stereocenters. The van der Waals surface area contributed by atoms with Gasteiger partial charge in [-0.2, -0.15) is 0 Å². The SMILES string of the molecule is CC(=O)Nc1ccc(S(=O)(=O)NC(=O)NS(=O)(=O)c2ccc(NC(C)=O)c(Br)c2)cc1Br. The van der Waals surface area contributed by atoms with Gasteiger partial charge in [0.25, 0.3) is 20.0 Å². The topological polar surface area (TPSA) is 168 Å². The van der Waals surface area contributed by atoms with Crippen molar-refractivity contribution in [3.63, 3.8) is 0 Å². The van der Waals surface area contributed by atoms with Gasteiger partial charge in [0.2, 0.25) is 11.8 Å². The van der Waals surface area contributed by atoms with Crippen molar-refractivity contribution in [3.05, 3.63) is 45.3 Å². The molecule has 15 heteroatoms. The second-order valence-corrected chi connectivity index (χ2v) is 11.3. The zero-order valence-electron chi connectivity index (χ0n) is 16.4. The summed E-state index contributed by atoms with van der Waals surface area (Å²) in [5, 5.41) is 4.95. The fourth-order valence-corrected chi connectivity index (χ4v) is 5.48. The predicted molar refractivity (Wildman–Crippen MR) is 123 cm³/mol. The highest BCUT2D eigenvalue weighted by Crippen LogP contribution is 2.27. The Hall–Kier alpha value is -2.49. The number of carbonyl (C=O) groups is 3. The van der Waals surface area contributed by atoms with Crippen LogP contribution in [-0.4, -0.2) is 34.7 Å². The predicted octanol–water partition coefficient (Wildman–Crippen LogP) is 2.51. The fraction of sp³-hybridized carbons (Fsp3) is 0.118. The zero-order valence-corrected chi connectivity index (χ0v) is 21.2. The van der Waals surface area contributed by atoms with E-state index < -0.39 is 26.1 Å². The number of benzene rings is 2. The molecular weight excluding hydrogens is 596 g/mol. The van der Waals surface area contributed by atoms with E-state index in [1.807, 2.05) is 0 Å². The quantitative estimate of drug-likeness (QED) is 0.389. The largest absolute Gasteiger partial charge is 0.342 e. The highest BCUT2D eigenvalue weighted by Gasteiger charge is 2.24. The van der Waals surface area contributed by atoms with Crippen molar-refractivity contribution >= 4 is 81.1 Å². The molecule has 0 spiro atoms. The minimum Gasteiger partial charge on any atom is -0.325 e. The zero-order chi connectivity index (χ0) is 24.3. The third kappa shape index (κ3) is 6.75. The average molecular weight is 612 g/mol. The number of urea groups is 1. The number of nitrogens with one attached hydrogen (secondary N) is 4. The maximum atomic E-state index is 12.4. The van der Waals surface area contributed by atoms with Gasteiger partial charge in [0.05, 0.1) is 21.2 Å². The van der Waals surface area contributed by atoms with Gasteiger partial charge in [-0.15, -0.1) is 0 Å². The van der Waals surface area contributed by atoms with E-state index in [2.05, 4.69) is 42.5 Å². The molecule has 172 valence electrons. The molecule has 0 radical (unpaired) electrons. The molecule has 0 saturated carbocycles. The second-order valence-electron chi connectivity index (χ2n) is 6.19. The Labute approximate surface area is 200 Å². The molecular formula is C17H16Br2N4O7S2. The molecule has 0 atom stereocenters. The molecule has 0 aliphatic heterocycles. The van der Waals surface area contributed by atoms with E-state index in [9.17, 15) is 31.2 Å². The Morgan fingerprint density at radius 2 is 1.03 bits per heavy atom. The minimum atomic E-state index is -4.44. The Balaban J connectivity index is 2.18. The Morgan fingerprint density at radius 3 is 1.31 bits per heavy atom. The molecule has 2 rings (SSSR count). The first-order valence-corrected chi connectivity index (χ1v) is 13.0. The van der Waals surface area contributed by atoms with Crippen LogP contribution >= 0.6 is 31.9 Å². The van der Waals surface area contributed by atoms with Crippen molar-refractivity contribution in [2.24, 2.45) is 0 Å². The second kappa shape index (κ2) is 9.97. The number of sulfonamides is 2. The minimum absolute atomic E-state index is 0.229. The van der Waals surface area contributed by atoms with Gasteiger partial charge in [-0.1, -0.05) is 0 Å². The first kappa shape index (κ1) is 25.8. The maximum Gasteiger partial charge on any atom is 0.342 e. The molecule has 0 aromatic heterocycles. The Kier molecular flexibility index (Phi) is 8.03. The van der Waals surface area contributed by atoms with E-state index in [0.29, 0.717) is 11.4 Å². The van der Waals surface area contributed by atoms with Crippen LogP contribution in [0.1, 0.15) is 13.8 Å². The van der Waals surface area contributed by atoms with Crippen LogP contribution in [0, 0.1) is 0 Å². The van der Waals surface area contributed by atoms with E-state index in [0.717, 1.165) is 24.3 Å². The van der Waals surface area contributed by atoms with Crippen LogP contribution in [0.3, 0.4) is 0 Å². The standard InChI is InChI=1S/C17H16Br2N4O7S2/c1-9(24)20-15-5-3-11(7-13(15)18)31(27,28)22-17(26)23-32(29,30)12-4-6-16(14(19)8-12)21-10(2)25/h3-8H,1-2H3,(H,20,24)(H,21,25)(H2,22,23,26). The van der Waals surface area contributed by atoms with Gasteiger partial charge in [0.1, 0.15) is 0 Å². The van der Waals surface area contributed by atoms with Crippen LogP contribution in [0.4, 0.5) is 16.2 Å². The Morgan fingerprint density at radius 1 is 0.688 bits per heavy atom. The van der Waals surface area contributed by atoms with Crippen LogP contribution in [-0.2, 0) is 29.6 Å². The molecule has 0 aliphatic rings. The number of carbonyl (C=O) groups excluding carboxylic acids is 3. The van der Waals surface area contributed by atoms with Gasteiger partial charge >= 0.3 is 6.03 Å². The van der Waals surface area contributed by atoms with Gasteiger partial charge < -0.3 is 10.6 Å². The van der Waals surface area contributed by atoms with Crippen LogP contribution in [0.5, 0.6) is 0 Å². The number of hydrogen-bond donors (Lipinski definition) is 4. The molecule has 11 nitrogen and oxygen atoms in total. The summed E-state index contributed by atoms with van der Waals surface area (Å²) in [6.07, 6.45) is 0. The summed E-state index contributed by atoms with van der Waals surface area (Å²) in [5.74, 6) is -0.749. The molecule has 2 aromatic carbocycles. The van der Waals surface area contributed by atoms with E-state index in [1.165, 1.54) is 26.0 Å². The number of anilines is 2. The summed E-state index contributed by atoms with van der Waals surface area (Å²) in [7, 11) is -8.87. The number of rotatable bonds is 6. The van der Waals surface area contributed by atoms with E-state index in [-0.39, 0.29) is 30.6 Å². The van der Waals surface area contributed by atoms with Gasteiger partial charge in [-0.3, -0.25) is 9.59 Å². The Bertz CT molecular complexity index is 1210. The van der Waals surface area contributed by atoms with E-state index in [4.69, 9.17) is 0 Å². The first-order chi connectivity index (χ1) is 14.7. The summed E-state index contributed by atoms with van der Waals surface area (Å²) in [6.45, 7) is 2.55. The lowest BCUT2D eigenvalue weighted by molar-refractivity contribution is -0.115. The van der Waals surface area contributed by atoms with E-state index >= 15 is 0 Å². The normalized spacial score (nSPS) is 11.4. The number of amides is 4. The van der Waals surface area contributed by atoms with Crippen molar-refractivity contribution in [3.8, 4) is 0 Å². The van der Waals surface area contributed by atoms with Gasteiger partial charge in [0.15, 0.2) is 0 Å². The van der Waals surface area contributed by atoms with Crippen LogP contribution < -0.4 is 20.1 Å². The van der Waals surface area contributed by atoms with Crippen molar-refractivity contribution < 1.29 is 31.2 Å². The van der Waals surface area contributed by atoms with Gasteiger partial charge in [0, 0.05) is 22.8 Å². The highest BCUT2D eigenvalue weighted by molar-refractivity contribution is 9.11. The number of hydrogen-bond acceptors (Lipinski definition) is 7. The highest BCUT2D eigenvalue weighted by atomic mass is 79.9. The lowest BCUT2D eigenvalue weighted by Gasteiger charge is -2.12. The molecule has 2 aromatic rings. The van der Waals surface area contributed by atoms with Crippen LogP contribution in [0.25, 0.3) is 0 Å². The maximum absolute atomic E-state index is 12.4. The molecule has 0 aliphatic carbocycles. The van der Waals surface area contributed by atoms with Crippen LogP contribution in [0.15, 0.2) is 55.1 Å². The third-order valence-corrected chi connectivity index (χ3v) is 7.55. The van der Waals surface area contributed by atoms with Crippen LogP contribution in [0.2, 0.25) is 0 Å². The van der Waals surface area contributed by atoms with Gasteiger partial charge in [-0.05, 0) is 68.3 Å². The third-order valence-electron chi connectivity index (χ3n) is 3.58. The molecule has 4 amide bonds.